The number of benzene rings is 2. The predicted octanol–water partition coefficient (Wildman–Crippen LogP) is 2.19. The molecular weight excluding hydrogens is 304 g/mol. The largest absolute Gasteiger partial charge is 0.508 e. The highest BCUT2D eigenvalue weighted by Crippen LogP contribution is 2.41. The van der Waals surface area contributed by atoms with Gasteiger partial charge in [-0.25, -0.2) is 0 Å². The summed E-state index contributed by atoms with van der Waals surface area (Å²) in [6.45, 7) is 0. The van der Waals surface area contributed by atoms with Gasteiger partial charge in [0.2, 0.25) is 0 Å². The van der Waals surface area contributed by atoms with Crippen LogP contribution in [0.2, 0.25) is 0 Å². The van der Waals surface area contributed by atoms with Gasteiger partial charge in [0.1, 0.15) is 11.5 Å². The fourth-order valence-corrected chi connectivity index (χ4v) is 3.78. The van der Waals surface area contributed by atoms with Gasteiger partial charge in [-0.2, -0.15) is 13.1 Å². The summed E-state index contributed by atoms with van der Waals surface area (Å²) in [6.07, 6.45) is 1.74. The van der Waals surface area contributed by atoms with E-state index in [0.717, 1.165) is 10.9 Å². The lowest BCUT2D eigenvalue weighted by molar-refractivity contribution is 0.432. The molecule has 4 rings (SSSR count). The van der Waals surface area contributed by atoms with Gasteiger partial charge >= 0.3 is 10.3 Å². The van der Waals surface area contributed by atoms with E-state index in [1.165, 1.54) is 0 Å². The van der Waals surface area contributed by atoms with Crippen LogP contribution < -0.4 is 8.91 Å². The predicted molar refractivity (Wildman–Crippen MR) is 80.9 cm³/mol. The molecule has 112 valence electrons. The summed E-state index contributed by atoms with van der Waals surface area (Å²) in [5, 5.41) is 11.0. The van der Waals surface area contributed by atoms with Crippen LogP contribution in [0.4, 0.5) is 0 Å². The first-order valence-corrected chi connectivity index (χ1v) is 8.05. The number of aromatic nitrogens is 1. The minimum atomic E-state index is -3.93. The molecule has 0 aliphatic carbocycles. The Kier molecular flexibility index (Phi) is 2.69. The third-order valence-corrected chi connectivity index (χ3v) is 4.66. The molecule has 6 nitrogen and oxygen atoms in total. The van der Waals surface area contributed by atoms with Crippen LogP contribution >= 0.6 is 0 Å². The van der Waals surface area contributed by atoms with Crippen LogP contribution in [0, 0.1) is 0 Å². The molecule has 1 atom stereocenters. The third-order valence-electron chi connectivity index (χ3n) is 3.73. The number of phenolic OH excluding ortho intramolecular Hbond substituents is 1. The average Bonchev–Trinajstić information content (AvgIpc) is 2.94. The van der Waals surface area contributed by atoms with Crippen LogP contribution in [-0.4, -0.2) is 18.5 Å². The molecule has 1 aliphatic rings. The molecule has 2 heterocycles. The molecular formula is C15H12N2O4S. The van der Waals surface area contributed by atoms with E-state index in [0.29, 0.717) is 11.1 Å². The number of aromatic hydroxyl groups is 1. The molecule has 1 aliphatic heterocycles. The summed E-state index contributed by atoms with van der Waals surface area (Å²) in [5.41, 5.74) is 1.97. The zero-order chi connectivity index (χ0) is 15.3. The van der Waals surface area contributed by atoms with E-state index in [1.54, 1.807) is 48.7 Å². The number of nitrogens with one attached hydrogen (secondary N) is 2. The van der Waals surface area contributed by atoms with E-state index in [4.69, 9.17) is 4.18 Å². The van der Waals surface area contributed by atoms with Crippen molar-refractivity contribution < 1.29 is 17.7 Å². The van der Waals surface area contributed by atoms with Crippen LogP contribution in [0.5, 0.6) is 11.5 Å². The maximum atomic E-state index is 12.0. The second kappa shape index (κ2) is 4.49. The first kappa shape index (κ1) is 13.2. The fourth-order valence-electron chi connectivity index (χ4n) is 2.81. The SMILES string of the molecule is O=S1(=O)N[C@@H](c2c(O)ccc3[nH]ccc23)c2ccccc2O1. The van der Waals surface area contributed by atoms with Gasteiger partial charge in [0.05, 0.1) is 6.04 Å². The van der Waals surface area contributed by atoms with Gasteiger partial charge in [-0.3, -0.25) is 0 Å². The van der Waals surface area contributed by atoms with Crippen molar-refractivity contribution in [2.45, 2.75) is 6.04 Å². The fraction of sp³-hybridized carbons (Fsp3) is 0.0667. The Balaban J connectivity index is 2.02. The Morgan fingerprint density at radius 3 is 2.77 bits per heavy atom. The highest BCUT2D eigenvalue weighted by molar-refractivity contribution is 7.85. The number of phenols is 1. The number of para-hydroxylation sites is 1. The number of aromatic amines is 1. The van der Waals surface area contributed by atoms with Crippen LogP contribution in [0.3, 0.4) is 0 Å². The average molecular weight is 316 g/mol. The standard InChI is InChI=1S/C15H12N2O4S/c18-12-6-5-11-9(7-8-16-11)14(12)15-10-3-1-2-4-13(10)21-22(19,20)17-15/h1-8,15-18H/t15-/m1/s1. The van der Waals surface area contributed by atoms with Crippen molar-refractivity contribution in [1.82, 2.24) is 9.71 Å². The molecule has 0 unspecified atom stereocenters. The number of H-pyrrole nitrogens is 1. The number of hydrogen-bond donors (Lipinski definition) is 3. The molecule has 0 bridgehead atoms. The number of hydrogen-bond acceptors (Lipinski definition) is 4. The van der Waals surface area contributed by atoms with E-state index in [9.17, 15) is 13.5 Å². The molecule has 2 aromatic carbocycles. The highest BCUT2D eigenvalue weighted by Gasteiger charge is 2.33. The molecule has 0 saturated carbocycles. The van der Waals surface area contributed by atoms with Gasteiger partial charge in [-0.1, -0.05) is 18.2 Å². The maximum absolute atomic E-state index is 12.0. The van der Waals surface area contributed by atoms with E-state index in [2.05, 4.69) is 9.71 Å². The van der Waals surface area contributed by atoms with Crippen molar-refractivity contribution in [2.75, 3.05) is 0 Å². The van der Waals surface area contributed by atoms with Crippen molar-refractivity contribution in [1.29, 1.82) is 0 Å². The van der Waals surface area contributed by atoms with Crippen molar-refractivity contribution in [3.8, 4) is 11.5 Å². The lowest BCUT2D eigenvalue weighted by Crippen LogP contribution is -2.37. The lowest BCUT2D eigenvalue weighted by atomic mass is 9.95. The van der Waals surface area contributed by atoms with Crippen molar-refractivity contribution in [3.63, 3.8) is 0 Å². The third kappa shape index (κ3) is 1.94. The van der Waals surface area contributed by atoms with Gasteiger partial charge in [0.25, 0.3) is 0 Å². The molecule has 0 spiro atoms. The quantitative estimate of drug-likeness (QED) is 0.642. The van der Waals surface area contributed by atoms with Crippen LogP contribution in [0.1, 0.15) is 17.2 Å². The zero-order valence-electron chi connectivity index (χ0n) is 11.3. The van der Waals surface area contributed by atoms with Gasteiger partial charge in [0, 0.05) is 28.2 Å². The van der Waals surface area contributed by atoms with Gasteiger partial charge in [-0.05, 0) is 24.3 Å². The van der Waals surface area contributed by atoms with E-state index in [1.807, 2.05) is 0 Å². The monoisotopic (exact) mass is 316 g/mol. The topological polar surface area (TPSA) is 91.4 Å². The minimum absolute atomic E-state index is 0.0245. The first-order valence-electron chi connectivity index (χ1n) is 6.65. The summed E-state index contributed by atoms with van der Waals surface area (Å²) in [6, 6.07) is 11.2. The van der Waals surface area contributed by atoms with Crippen LogP contribution in [0.15, 0.2) is 48.7 Å². The molecule has 0 saturated heterocycles. The summed E-state index contributed by atoms with van der Waals surface area (Å²) in [7, 11) is -3.93. The molecule has 3 N–H and O–H groups in total. The number of rotatable bonds is 1. The molecule has 3 aromatic rings. The summed E-state index contributed by atoms with van der Waals surface area (Å²) in [5.74, 6) is 0.287. The highest BCUT2D eigenvalue weighted by atomic mass is 32.2. The molecule has 0 amide bonds. The van der Waals surface area contributed by atoms with Gasteiger partial charge < -0.3 is 14.3 Å². The van der Waals surface area contributed by atoms with Gasteiger partial charge in [0.15, 0.2) is 0 Å². The zero-order valence-corrected chi connectivity index (χ0v) is 12.1. The normalized spacial score (nSPS) is 19.5. The van der Waals surface area contributed by atoms with E-state index >= 15 is 0 Å². The minimum Gasteiger partial charge on any atom is -0.508 e. The molecule has 7 heteroatoms. The second-order valence-corrected chi connectivity index (χ2v) is 6.37. The van der Waals surface area contributed by atoms with Crippen molar-refractivity contribution >= 4 is 21.2 Å². The smallest absolute Gasteiger partial charge is 0.383 e. The molecule has 0 fully saturated rings. The Labute approximate surface area is 126 Å². The van der Waals surface area contributed by atoms with Crippen molar-refractivity contribution in [3.05, 3.63) is 59.8 Å². The maximum Gasteiger partial charge on any atom is 0.383 e. The Morgan fingerprint density at radius 1 is 1.09 bits per heavy atom. The van der Waals surface area contributed by atoms with Crippen LogP contribution in [-0.2, 0) is 10.3 Å². The summed E-state index contributed by atoms with van der Waals surface area (Å²) >= 11 is 0. The molecule has 22 heavy (non-hydrogen) atoms. The Bertz CT molecular complexity index is 978. The van der Waals surface area contributed by atoms with Gasteiger partial charge in [-0.15, -0.1) is 0 Å². The number of fused-ring (bicyclic) bond motifs is 2. The summed E-state index contributed by atoms with van der Waals surface area (Å²) in [4.78, 5) is 3.05. The van der Waals surface area contributed by atoms with Crippen LogP contribution in [0.25, 0.3) is 10.9 Å². The second-order valence-electron chi connectivity index (χ2n) is 5.06. The molecule has 1 aromatic heterocycles. The summed E-state index contributed by atoms with van der Waals surface area (Å²) < 4.78 is 31.4. The van der Waals surface area contributed by atoms with Crippen molar-refractivity contribution in [2.24, 2.45) is 0 Å². The van der Waals surface area contributed by atoms with E-state index in [-0.39, 0.29) is 11.5 Å². The Morgan fingerprint density at radius 2 is 1.91 bits per heavy atom. The molecule has 0 radical (unpaired) electrons. The van der Waals surface area contributed by atoms with E-state index < -0.39 is 16.3 Å². The first-order chi connectivity index (χ1) is 10.6. The Hall–Kier alpha value is -2.51. The lowest BCUT2D eigenvalue weighted by Gasteiger charge is -2.27.